The van der Waals surface area contributed by atoms with Crippen molar-refractivity contribution < 1.29 is 13.7 Å². The SMILES string of the molecule is CCCS(=O)Cc1cc(C(C)=O)ccc1OC. The molecule has 3 nitrogen and oxygen atoms in total. The Balaban J connectivity index is 2.97. The van der Waals surface area contributed by atoms with E-state index >= 15 is 0 Å². The summed E-state index contributed by atoms with van der Waals surface area (Å²) >= 11 is 0. The molecule has 0 aliphatic rings. The Morgan fingerprint density at radius 2 is 2.12 bits per heavy atom. The minimum absolute atomic E-state index is 0.00942. The van der Waals surface area contributed by atoms with E-state index in [4.69, 9.17) is 4.74 Å². The van der Waals surface area contributed by atoms with Gasteiger partial charge in [-0.1, -0.05) is 6.92 Å². The molecule has 0 spiro atoms. The Morgan fingerprint density at radius 1 is 1.41 bits per heavy atom. The Kier molecular flexibility index (Phi) is 5.35. The molecule has 1 rings (SSSR count). The van der Waals surface area contributed by atoms with Crippen LogP contribution < -0.4 is 4.74 Å². The summed E-state index contributed by atoms with van der Waals surface area (Å²) in [4.78, 5) is 11.3. The van der Waals surface area contributed by atoms with E-state index in [1.54, 1.807) is 25.3 Å². The van der Waals surface area contributed by atoms with Crippen LogP contribution in [0.5, 0.6) is 5.75 Å². The molecule has 0 fully saturated rings. The van der Waals surface area contributed by atoms with Gasteiger partial charge in [-0.25, -0.2) is 0 Å². The van der Waals surface area contributed by atoms with Crippen LogP contribution in [0.2, 0.25) is 0 Å². The number of carbonyl (C=O) groups excluding carboxylic acids is 1. The first kappa shape index (κ1) is 13.9. The second kappa shape index (κ2) is 6.55. The van der Waals surface area contributed by atoms with Crippen molar-refractivity contribution in [2.45, 2.75) is 26.0 Å². The van der Waals surface area contributed by atoms with Gasteiger partial charge in [0.25, 0.3) is 0 Å². The van der Waals surface area contributed by atoms with E-state index in [0.717, 1.165) is 12.0 Å². The quantitative estimate of drug-likeness (QED) is 0.733. The summed E-state index contributed by atoms with van der Waals surface area (Å²) in [5.41, 5.74) is 1.47. The highest BCUT2D eigenvalue weighted by atomic mass is 32.2. The standard InChI is InChI=1S/C13H18O3S/c1-4-7-17(15)9-12-8-11(10(2)14)5-6-13(12)16-3/h5-6,8H,4,7,9H2,1-3H3. The fourth-order valence-corrected chi connectivity index (χ4v) is 2.76. The van der Waals surface area contributed by atoms with E-state index in [0.29, 0.717) is 22.8 Å². The highest BCUT2D eigenvalue weighted by Crippen LogP contribution is 2.22. The smallest absolute Gasteiger partial charge is 0.159 e. The molecule has 0 aromatic heterocycles. The second-order valence-corrected chi connectivity index (χ2v) is 5.45. The summed E-state index contributed by atoms with van der Waals surface area (Å²) < 4.78 is 16.9. The molecule has 0 saturated carbocycles. The number of benzene rings is 1. The zero-order chi connectivity index (χ0) is 12.8. The zero-order valence-corrected chi connectivity index (χ0v) is 11.3. The van der Waals surface area contributed by atoms with Crippen LogP contribution in [0.4, 0.5) is 0 Å². The molecule has 4 heteroatoms. The minimum atomic E-state index is -0.896. The first-order valence-electron chi connectivity index (χ1n) is 5.61. The lowest BCUT2D eigenvalue weighted by Crippen LogP contribution is -2.03. The number of Topliss-reactive ketones (excluding diaryl/α,β-unsaturated/α-hetero) is 1. The van der Waals surface area contributed by atoms with Crippen molar-refractivity contribution in [2.75, 3.05) is 12.9 Å². The zero-order valence-electron chi connectivity index (χ0n) is 10.5. The van der Waals surface area contributed by atoms with E-state index in [-0.39, 0.29) is 5.78 Å². The molecule has 1 aromatic rings. The molecule has 0 amide bonds. The number of ether oxygens (including phenoxy) is 1. The van der Waals surface area contributed by atoms with Gasteiger partial charge in [0.1, 0.15) is 5.75 Å². The van der Waals surface area contributed by atoms with E-state index in [1.165, 1.54) is 6.92 Å². The Labute approximate surface area is 105 Å². The van der Waals surface area contributed by atoms with Crippen LogP contribution in [0, 0.1) is 0 Å². The van der Waals surface area contributed by atoms with E-state index in [9.17, 15) is 9.00 Å². The first-order chi connectivity index (χ1) is 8.08. The van der Waals surface area contributed by atoms with Gasteiger partial charge in [0.15, 0.2) is 5.78 Å². The van der Waals surface area contributed by atoms with Gasteiger partial charge in [0.05, 0.1) is 12.9 Å². The van der Waals surface area contributed by atoms with Gasteiger partial charge in [-0.3, -0.25) is 9.00 Å². The van der Waals surface area contributed by atoms with E-state index in [2.05, 4.69) is 0 Å². The molecule has 0 aliphatic heterocycles. The van der Waals surface area contributed by atoms with Crippen molar-refractivity contribution >= 4 is 16.6 Å². The minimum Gasteiger partial charge on any atom is -0.496 e. The lowest BCUT2D eigenvalue weighted by atomic mass is 10.1. The molecule has 0 radical (unpaired) electrons. The maximum Gasteiger partial charge on any atom is 0.159 e. The van der Waals surface area contributed by atoms with E-state index < -0.39 is 10.8 Å². The van der Waals surface area contributed by atoms with Crippen LogP contribution in [0.1, 0.15) is 36.2 Å². The molecule has 0 bridgehead atoms. The highest BCUT2D eigenvalue weighted by molar-refractivity contribution is 7.84. The predicted octanol–water partition coefficient (Wildman–Crippen LogP) is 2.56. The monoisotopic (exact) mass is 254 g/mol. The molecule has 94 valence electrons. The maximum absolute atomic E-state index is 11.7. The van der Waals surface area contributed by atoms with Crippen LogP contribution in [0.3, 0.4) is 0 Å². The number of hydrogen-bond donors (Lipinski definition) is 0. The van der Waals surface area contributed by atoms with Crippen molar-refractivity contribution in [3.63, 3.8) is 0 Å². The number of carbonyl (C=O) groups is 1. The lowest BCUT2D eigenvalue weighted by molar-refractivity contribution is 0.101. The van der Waals surface area contributed by atoms with Crippen LogP contribution in [-0.4, -0.2) is 22.9 Å². The van der Waals surface area contributed by atoms with Crippen LogP contribution in [0.25, 0.3) is 0 Å². The molecule has 1 atom stereocenters. The topological polar surface area (TPSA) is 43.4 Å². The third kappa shape index (κ3) is 3.97. The molecule has 1 unspecified atom stereocenters. The van der Waals surface area contributed by atoms with Crippen molar-refractivity contribution in [1.82, 2.24) is 0 Å². The van der Waals surface area contributed by atoms with Gasteiger partial charge in [0, 0.05) is 27.7 Å². The van der Waals surface area contributed by atoms with Crippen LogP contribution >= 0.6 is 0 Å². The Bertz CT molecular complexity index is 427. The van der Waals surface area contributed by atoms with Gasteiger partial charge < -0.3 is 4.74 Å². The number of ketones is 1. The molecule has 0 heterocycles. The maximum atomic E-state index is 11.7. The Morgan fingerprint density at radius 3 is 2.65 bits per heavy atom. The average molecular weight is 254 g/mol. The van der Waals surface area contributed by atoms with Crippen molar-refractivity contribution in [2.24, 2.45) is 0 Å². The summed E-state index contributed by atoms with van der Waals surface area (Å²) in [6.45, 7) is 3.52. The average Bonchev–Trinajstić information content (AvgIpc) is 2.29. The summed E-state index contributed by atoms with van der Waals surface area (Å²) in [5, 5.41) is 0. The summed E-state index contributed by atoms with van der Waals surface area (Å²) in [7, 11) is 0.683. The fourth-order valence-electron chi connectivity index (χ4n) is 1.58. The molecule has 17 heavy (non-hydrogen) atoms. The molecular weight excluding hydrogens is 236 g/mol. The van der Waals surface area contributed by atoms with Gasteiger partial charge >= 0.3 is 0 Å². The van der Waals surface area contributed by atoms with Gasteiger partial charge in [-0.2, -0.15) is 0 Å². The fraction of sp³-hybridized carbons (Fsp3) is 0.462. The van der Waals surface area contributed by atoms with Crippen LogP contribution in [-0.2, 0) is 16.6 Å². The number of hydrogen-bond acceptors (Lipinski definition) is 3. The van der Waals surface area contributed by atoms with Gasteiger partial charge in [0.2, 0.25) is 0 Å². The normalized spacial score (nSPS) is 12.2. The molecule has 1 aromatic carbocycles. The third-order valence-electron chi connectivity index (χ3n) is 2.44. The first-order valence-corrected chi connectivity index (χ1v) is 7.10. The van der Waals surface area contributed by atoms with Crippen molar-refractivity contribution in [3.05, 3.63) is 29.3 Å². The third-order valence-corrected chi connectivity index (χ3v) is 3.93. The van der Waals surface area contributed by atoms with Gasteiger partial charge in [-0.05, 0) is 31.5 Å². The number of rotatable bonds is 6. The largest absolute Gasteiger partial charge is 0.496 e. The number of methoxy groups -OCH3 is 1. The van der Waals surface area contributed by atoms with Crippen molar-refractivity contribution in [1.29, 1.82) is 0 Å². The van der Waals surface area contributed by atoms with E-state index in [1.807, 2.05) is 6.92 Å². The summed E-state index contributed by atoms with van der Waals surface area (Å²) in [5.74, 6) is 1.82. The molecule has 0 aliphatic carbocycles. The second-order valence-electron chi connectivity index (χ2n) is 3.87. The molecule has 0 N–H and O–H groups in total. The molecule has 0 saturated heterocycles. The summed E-state index contributed by atoms with van der Waals surface area (Å²) in [6.07, 6.45) is 0.890. The van der Waals surface area contributed by atoms with Gasteiger partial charge in [-0.15, -0.1) is 0 Å². The predicted molar refractivity (Wildman–Crippen MR) is 70.0 cm³/mol. The highest BCUT2D eigenvalue weighted by Gasteiger charge is 2.10. The summed E-state index contributed by atoms with van der Waals surface area (Å²) in [6, 6.07) is 5.26. The Hall–Kier alpha value is -1.16. The van der Waals surface area contributed by atoms with Crippen LogP contribution in [0.15, 0.2) is 18.2 Å². The lowest BCUT2D eigenvalue weighted by Gasteiger charge is -2.09. The van der Waals surface area contributed by atoms with Crippen molar-refractivity contribution in [3.8, 4) is 5.75 Å². The molecular formula is C13H18O3S.